The molecule has 0 atom stereocenters. The van der Waals surface area contributed by atoms with Crippen molar-refractivity contribution in [3.05, 3.63) is 65.2 Å². The summed E-state index contributed by atoms with van der Waals surface area (Å²) in [6.07, 6.45) is 2.12. The molecule has 2 aromatic rings. The summed E-state index contributed by atoms with van der Waals surface area (Å²) in [5, 5.41) is 2.63. The lowest BCUT2D eigenvalue weighted by atomic mass is 10.1. The Balaban J connectivity index is 1.57. The average Bonchev–Trinajstić information content (AvgIpc) is 3.20. The van der Waals surface area contributed by atoms with Crippen LogP contribution in [0.25, 0.3) is 0 Å². The number of rotatable bonds is 5. The summed E-state index contributed by atoms with van der Waals surface area (Å²) >= 11 is 0. The number of likely N-dealkylation sites (tertiary alicyclic amines) is 1. The molecule has 1 fully saturated rings. The van der Waals surface area contributed by atoms with Crippen molar-refractivity contribution < 1.29 is 19.1 Å². The van der Waals surface area contributed by atoms with Gasteiger partial charge in [0.2, 0.25) is 5.91 Å². The molecule has 1 aliphatic rings. The Morgan fingerprint density at radius 3 is 2.37 bits per heavy atom. The molecule has 1 saturated heterocycles. The minimum absolute atomic E-state index is 0.0471. The van der Waals surface area contributed by atoms with Crippen LogP contribution in [0.4, 0.5) is 5.69 Å². The Morgan fingerprint density at radius 2 is 1.70 bits per heavy atom. The molecule has 1 N–H and O–H groups in total. The molecule has 2 amide bonds. The van der Waals surface area contributed by atoms with Crippen LogP contribution in [0.15, 0.2) is 48.5 Å². The molecule has 3 rings (SSSR count). The maximum atomic E-state index is 12.3. The molecule has 0 spiro atoms. The van der Waals surface area contributed by atoms with Gasteiger partial charge in [-0.3, -0.25) is 9.59 Å². The first-order valence-corrected chi connectivity index (χ1v) is 8.96. The minimum atomic E-state index is -0.473. The van der Waals surface area contributed by atoms with Gasteiger partial charge in [0.15, 0.2) is 0 Å². The van der Waals surface area contributed by atoms with Crippen molar-refractivity contribution in [2.24, 2.45) is 0 Å². The van der Waals surface area contributed by atoms with Crippen molar-refractivity contribution in [3.63, 3.8) is 0 Å². The van der Waals surface area contributed by atoms with E-state index in [0.717, 1.165) is 31.5 Å². The van der Waals surface area contributed by atoms with E-state index in [2.05, 4.69) is 5.32 Å². The normalized spacial score (nSPS) is 13.3. The number of carbonyl (C=O) groups excluding carboxylic acids is 3. The van der Waals surface area contributed by atoms with E-state index >= 15 is 0 Å². The first-order chi connectivity index (χ1) is 13.0. The number of nitrogens with zero attached hydrogens (tertiary/aromatic N) is 1. The Hall–Kier alpha value is -3.15. The second-order valence-corrected chi connectivity index (χ2v) is 6.53. The van der Waals surface area contributed by atoms with Crippen LogP contribution >= 0.6 is 0 Å². The van der Waals surface area contributed by atoms with E-state index in [9.17, 15) is 14.4 Å². The van der Waals surface area contributed by atoms with Gasteiger partial charge in [-0.05, 0) is 48.7 Å². The zero-order valence-electron chi connectivity index (χ0n) is 15.2. The molecule has 0 aromatic heterocycles. The summed E-state index contributed by atoms with van der Waals surface area (Å²) in [5.74, 6) is -0.630. The Labute approximate surface area is 158 Å². The summed E-state index contributed by atoms with van der Waals surface area (Å²) in [6, 6.07) is 13.7. The molecule has 0 radical (unpaired) electrons. The monoisotopic (exact) mass is 366 g/mol. The van der Waals surface area contributed by atoms with Gasteiger partial charge in [0.05, 0.1) is 5.56 Å². The molecule has 1 heterocycles. The molecule has 0 unspecified atom stereocenters. The zero-order chi connectivity index (χ0) is 19.2. The maximum Gasteiger partial charge on any atom is 0.338 e. The van der Waals surface area contributed by atoms with Gasteiger partial charge < -0.3 is 15.0 Å². The van der Waals surface area contributed by atoms with Crippen molar-refractivity contribution >= 4 is 23.5 Å². The van der Waals surface area contributed by atoms with Crippen molar-refractivity contribution in [2.75, 3.05) is 18.4 Å². The van der Waals surface area contributed by atoms with Gasteiger partial charge in [0.25, 0.3) is 5.91 Å². The van der Waals surface area contributed by atoms with E-state index in [-0.39, 0.29) is 18.4 Å². The molecule has 0 aliphatic carbocycles. The highest BCUT2D eigenvalue weighted by Gasteiger charge is 2.19. The minimum Gasteiger partial charge on any atom is -0.457 e. The van der Waals surface area contributed by atoms with E-state index < -0.39 is 5.97 Å². The van der Waals surface area contributed by atoms with Crippen molar-refractivity contribution in [2.45, 2.75) is 26.4 Å². The topological polar surface area (TPSA) is 75.7 Å². The molecule has 6 heteroatoms. The van der Waals surface area contributed by atoms with Crippen molar-refractivity contribution in [3.8, 4) is 0 Å². The fraction of sp³-hybridized carbons (Fsp3) is 0.286. The van der Waals surface area contributed by atoms with Crippen LogP contribution in [0.5, 0.6) is 0 Å². The summed E-state index contributed by atoms with van der Waals surface area (Å²) in [7, 11) is 0. The Bertz CT molecular complexity index is 840. The lowest BCUT2D eigenvalue weighted by molar-refractivity contribution is -0.114. The molecule has 0 saturated carbocycles. The van der Waals surface area contributed by atoms with Gasteiger partial charge in [-0.2, -0.15) is 0 Å². The summed E-state index contributed by atoms with van der Waals surface area (Å²) in [5.41, 5.74) is 2.36. The SMILES string of the molecule is CC(=O)Nc1cccc(C(=O)OCc2ccc(C(=O)N3CCCC3)cc2)c1. The van der Waals surface area contributed by atoms with E-state index in [1.54, 1.807) is 48.5 Å². The van der Waals surface area contributed by atoms with Crippen molar-refractivity contribution in [1.82, 2.24) is 4.90 Å². The van der Waals surface area contributed by atoms with Crippen LogP contribution in [-0.2, 0) is 16.1 Å². The van der Waals surface area contributed by atoms with E-state index in [0.29, 0.717) is 16.8 Å². The van der Waals surface area contributed by atoms with Gasteiger partial charge in [0, 0.05) is 31.3 Å². The molecule has 2 aromatic carbocycles. The molecule has 27 heavy (non-hydrogen) atoms. The number of hydrogen-bond acceptors (Lipinski definition) is 4. The number of esters is 1. The first-order valence-electron chi connectivity index (χ1n) is 8.96. The smallest absolute Gasteiger partial charge is 0.338 e. The Morgan fingerprint density at radius 1 is 1.00 bits per heavy atom. The second-order valence-electron chi connectivity index (χ2n) is 6.53. The zero-order valence-corrected chi connectivity index (χ0v) is 15.2. The highest BCUT2D eigenvalue weighted by Crippen LogP contribution is 2.15. The number of nitrogens with one attached hydrogen (secondary N) is 1. The van der Waals surface area contributed by atoms with Gasteiger partial charge in [-0.25, -0.2) is 4.79 Å². The molecule has 140 valence electrons. The van der Waals surface area contributed by atoms with Gasteiger partial charge in [-0.1, -0.05) is 18.2 Å². The van der Waals surface area contributed by atoms with Crippen LogP contribution in [-0.4, -0.2) is 35.8 Å². The number of benzene rings is 2. The third-order valence-electron chi connectivity index (χ3n) is 4.38. The largest absolute Gasteiger partial charge is 0.457 e. The molecule has 0 bridgehead atoms. The summed E-state index contributed by atoms with van der Waals surface area (Å²) in [6.45, 7) is 3.15. The predicted octanol–water partition coefficient (Wildman–Crippen LogP) is 3.24. The third-order valence-corrected chi connectivity index (χ3v) is 4.38. The van der Waals surface area contributed by atoms with Gasteiger partial charge in [0.1, 0.15) is 6.61 Å². The van der Waals surface area contributed by atoms with Crippen LogP contribution in [0, 0.1) is 0 Å². The van der Waals surface area contributed by atoms with Crippen LogP contribution in [0.2, 0.25) is 0 Å². The second kappa shape index (κ2) is 8.49. The van der Waals surface area contributed by atoms with E-state index in [4.69, 9.17) is 4.74 Å². The lowest BCUT2D eigenvalue weighted by Crippen LogP contribution is -2.27. The quantitative estimate of drug-likeness (QED) is 0.825. The Kier molecular flexibility index (Phi) is 5.86. The average molecular weight is 366 g/mol. The number of amides is 2. The molecule has 6 nitrogen and oxygen atoms in total. The molecular weight excluding hydrogens is 344 g/mol. The third kappa shape index (κ3) is 4.94. The maximum absolute atomic E-state index is 12.3. The fourth-order valence-electron chi connectivity index (χ4n) is 3.01. The number of anilines is 1. The van der Waals surface area contributed by atoms with Crippen LogP contribution in [0.3, 0.4) is 0 Å². The van der Waals surface area contributed by atoms with E-state index in [1.165, 1.54) is 6.92 Å². The highest BCUT2D eigenvalue weighted by molar-refractivity contribution is 5.95. The van der Waals surface area contributed by atoms with Gasteiger partial charge in [-0.15, -0.1) is 0 Å². The van der Waals surface area contributed by atoms with Gasteiger partial charge >= 0.3 is 5.97 Å². The molecule has 1 aliphatic heterocycles. The number of hydrogen-bond donors (Lipinski definition) is 1. The number of ether oxygens (including phenoxy) is 1. The predicted molar refractivity (Wildman–Crippen MR) is 101 cm³/mol. The molecular formula is C21H22N2O4. The highest BCUT2D eigenvalue weighted by atomic mass is 16.5. The van der Waals surface area contributed by atoms with Crippen LogP contribution in [0.1, 0.15) is 46.0 Å². The number of carbonyl (C=O) groups is 3. The lowest BCUT2D eigenvalue weighted by Gasteiger charge is -2.15. The van der Waals surface area contributed by atoms with Crippen LogP contribution < -0.4 is 5.32 Å². The summed E-state index contributed by atoms with van der Waals surface area (Å²) < 4.78 is 5.33. The van der Waals surface area contributed by atoms with Crippen molar-refractivity contribution in [1.29, 1.82) is 0 Å². The standard InChI is InChI=1S/C21H22N2O4/c1-15(24)22-19-6-4-5-18(13-19)21(26)27-14-16-7-9-17(10-8-16)20(25)23-11-2-3-12-23/h4-10,13H,2-3,11-12,14H2,1H3,(H,22,24). The summed E-state index contributed by atoms with van der Waals surface area (Å²) in [4.78, 5) is 37.5. The van der Waals surface area contributed by atoms with E-state index in [1.807, 2.05) is 4.90 Å². The first kappa shape index (κ1) is 18.6. The fourth-order valence-corrected chi connectivity index (χ4v) is 3.01.